The van der Waals surface area contributed by atoms with Gasteiger partial charge < -0.3 is 10.1 Å². The van der Waals surface area contributed by atoms with Gasteiger partial charge in [-0.25, -0.2) is 4.98 Å². The summed E-state index contributed by atoms with van der Waals surface area (Å²) in [6.07, 6.45) is 1.12. The van der Waals surface area contributed by atoms with Crippen molar-refractivity contribution in [1.82, 2.24) is 9.88 Å². The summed E-state index contributed by atoms with van der Waals surface area (Å²) in [5.74, 6) is 0. The second-order valence-corrected chi connectivity index (χ2v) is 6.57. The van der Waals surface area contributed by atoms with Crippen LogP contribution in [0.15, 0.2) is 29.6 Å². The molecule has 7 heteroatoms. The molecule has 0 saturated carbocycles. The van der Waals surface area contributed by atoms with Gasteiger partial charge in [0.05, 0.1) is 18.9 Å². The maximum Gasteiger partial charge on any atom is 0.183 e. The van der Waals surface area contributed by atoms with E-state index in [0.717, 1.165) is 67.2 Å². The zero-order chi connectivity index (χ0) is 15.2. The molecule has 23 heavy (non-hydrogen) atoms. The van der Waals surface area contributed by atoms with Crippen LogP contribution in [0.1, 0.15) is 6.42 Å². The maximum absolute atomic E-state index is 5.91. The molecule has 1 N–H and O–H groups in total. The van der Waals surface area contributed by atoms with Crippen LogP contribution in [0.25, 0.3) is 11.3 Å². The Bertz CT molecular complexity index is 585. The molecule has 1 aromatic heterocycles. The first kappa shape index (κ1) is 18.5. The quantitative estimate of drug-likeness (QED) is 0.775. The second kappa shape index (κ2) is 9.45. The third-order valence-electron chi connectivity index (χ3n) is 3.68. The van der Waals surface area contributed by atoms with Crippen molar-refractivity contribution in [1.29, 1.82) is 0 Å². The van der Waals surface area contributed by atoms with Gasteiger partial charge in [0, 0.05) is 35.6 Å². The molecule has 0 bridgehead atoms. The molecule has 2 aromatic rings. The standard InChI is InChI=1S/C16H20ClN3OS.ClH/c17-14-4-2-13(3-5-14)15-12-22-16(19-15)18-6-1-7-20-8-10-21-11-9-20;/h2-5,12H,1,6-11H2,(H,18,19);1H. The van der Waals surface area contributed by atoms with Crippen molar-refractivity contribution in [2.24, 2.45) is 0 Å². The second-order valence-electron chi connectivity index (χ2n) is 5.28. The minimum absolute atomic E-state index is 0. The molecule has 0 atom stereocenters. The number of anilines is 1. The zero-order valence-corrected chi connectivity index (χ0v) is 15.2. The average molecular weight is 374 g/mol. The highest BCUT2D eigenvalue weighted by atomic mass is 35.5. The molecule has 0 unspecified atom stereocenters. The van der Waals surface area contributed by atoms with Crippen molar-refractivity contribution >= 4 is 40.5 Å². The van der Waals surface area contributed by atoms with Crippen LogP contribution in [-0.2, 0) is 4.74 Å². The van der Waals surface area contributed by atoms with E-state index in [-0.39, 0.29) is 12.4 Å². The number of nitrogens with one attached hydrogen (secondary N) is 1. The number of aromatic nitrogens is 1. The minimum atomic E-state index is 0. The zero-order valence-electron chi connectivity index (χ0n) is 12.8. The van der Waals surface area contributed by atoms with Crippen LogP contribution in [-0.4, -0.2) is 49.3 Å². The molecule has 1 aromatic carbocycles. The van der Waals surface area contributed by atoms with Crippen molar-refractivity contribution in [3.8, 4) is 11.3 Å². The van der Waals surface area contributed by atoms with Crippen molar-refractivity contribution in [2.45, 2.75) is 6.42 Å². The first-order valence-electron chi connectivity index (χ1n) is 7.57. The molecule has 1 fully saturated rings. The Morgan fingerprint density at radius 1 is 1.22 bits per heavy atom. The van der Waals surface area contributed by atoms with Gasteiger partial charge in [-0.05, 0) is 25.1 Å². The Kier molecular flexibility index (Phi) is 7.59. The highest BCUT2D eigenvalue weighted by molar-refractivity contribution is 7.14. The summed E-state index contributed by atoms with van der Waals surface area (Å²) in [6.45, 7) is 5.90. The lowest BCUT2D eigenvalue weighted by atomic mass is 10.2. The lowest BCUT2D eigenvalue weighted by molar-refractivity contribution is 0.0378. The van der Waals surface area contributed by atoms with Crippen LogP contribution < -0.4 is 5.32 Å². The Balaban J connectivity index is 0.00000192. The lowest BCUT2D eigenvalue weighted by Gasteiger charge is -2.26. The molecule has 0 radical (unpaired) electrons. The van der Waals surface area contributed by atoms with Crippen LogP contribution in [0.2, 0.25) is 5.02 Å². The molecule has 1 saturated heterocycles. The summed E-state index contributed by atoms with van der Waals surface area (Å²) in [7, 11) is 0. The monoisotopic (exact) mass is 373 g/mol. The minimum Gasteiger partial charge on any atom is -0.379 e. The van der Waals surface area contributed by atoms with Gasteiger partial charge in [0.2, 0.25) is 0 Å². The first-order valence-corrected chi connectivity index (χ1v) is 8.82. The third kappa shape index (κ3) is 5.62. The van der Waals surface area contributed by atoms with Crippen LogP contribution in [0.5, 0.6) is 0 Å². The van der Waals surface area contributed by atoms with Gasteiger partial charge in [-0.3, -0.25) is 4.90 Å². The molecular weight excluding hydrogens is 353 g/mol. The van der Waals surface area contributed by atoms with E-state index in [4.69, 9.17) is 16.3 Å². The van der Waals surface area contributed by atoms with Crippen LogP contribution in [0.4, 0.5) is 5.13 Å². The SMILES string of the molecule is Cl.Clc1ccc(-c2csc(NCCCN3CCOCC3)n2)cc1. The fraction of sp³-hybridized carbons (Fsp3) is 0.438. The van der Waals surface area contributed by atoms with E-state index in [0.29, 0.717) is 0 Å². The maximum atomic E-state index is 5.91. The average Bonchev–Trinajstić information content (AvgIpc) is 3.02. The van der Waals surface area contributed by atoms with Crippen molar-refractivity contribution < 1.29 is 4.74 Å². The van der Waals surface area contributed by atoms with Gasteiger partial charge >= 0.3 is 0 Å². The summed E-state index contributed by atoms with van der Waals surface area (Å²) in [5, 5.41) is 7.22. The van der Waals surface area contributed by atoms with E-state index in [9.17, 15) is 0 Å². The molecule has 1 aliphatic heterocycles. The van der Waals surface area contributed by atoms with E-state index in [1.807, 2.05) is 24.3 Å². The predicted octanol–water partition coefficient (Wildman–Crippen LogP) is 4.02. The van der Waals surface area contributed by atoms with Crippen LogP contribution >= 0.6 is 35.3 Å². The molecule has 0 amide bonds. The molecule has 4 nitrogen and oxygen atoms in total. The number of hydrogen-bond donors (Lipinski definition) is 1. The molecule has 0 spiro atoms. The number of rotatable bonds is 6. The van der Waals surface area contributed by atoms with Crippen LogP contribution in [0.3, 0.4) is 0 Å². The van der Waals surface area contributed by atoms with E-state index in [2.05, 4.69) is 20.6 Å². The van der Waals surface area contributed by atoms with Crippen molar-refractivity contribution in [3.63, 3.8) is 0 Å². The summed E-state index contributed by atoms with van der Waals surface area (Å²) >= 11 is 7.56. The number of halogens is 2. The van der Waals surface area contributed by atoms with Gasteiger partial charge in [-0.15, -0.1) is 23.7 Å². The Hall–Kier alpha value is -0.850. The van der Waals surface area contributed by atoms with E-state index in [1.54, 1.807) is 11.3 Å². The van der Waals surface area contributed by atoms with Crippen molar-refractivity contribution in [3.05, 3.63) is 34.7 Å². The Morgan fingerprint density at radius 3 is 2.70 bits per heavy atom. The van der Waals surface area contributed by atoms with Gasteiger partial charge in [0.15, 0.2) is 5.13 Å². The van der Waals surface area contributed by atoms with Gasteiger partial charge in [0.25, 0.3) is 0 Å². The van der Waals surface area contributed by atoms with Crippen LogP contribution in [0, 0.1) is 0 Å². The van der Waals surface area contributed by atoms with Crippen molar-refractivity contribution in [2.75, 3.05) is 44.7 Å². The summed E-state index contributed by atoms with van der Waals surface area (Å²) in [6, 6.07) is 7.79. The molecule has 3 rings (SSSR count). The Morgan fingerprint density at radius 2 is 1.96 bits per heavy atom. The fourth-order valence-corrected chi connectivity index (χ4v) is 3.31. The molecule has 2 heterocycles. The molecule has 126 valence electrons. The first-order chi connectivity index (χ1) is 10.8. The van der Waals surface area contributed by atoms with E-state index < -0.39 is 0 Å². The fourth-order valence-electron chi connectivity index (χ4n) is 2.43. The highest BCUT2D eigenvalue weighted by Crippen LogP contribution is 2.25. The number of hydrogen-bond acceptors (Lipinski definition) is 5. The van der Waals surface area contributed by atoms with E-state index in [1.165, 1.54) is 0 Å². The number of nitrogens with zero attached hydrogens (tertiary/aromatic N) is 2. The summed E-state index contributed by atoms with van der Waals surface area (Å²) < 4.78 is 5.35. The van der Waals surface area contributed by atoms with E-state index >= 15 is 0 Å². The molecule has 1 aliphatic rings. The van der Waals surface area contributed by atoms with Gasteiger partial charge in [-0.2, -0.15) is 0 Å². The molecule has 0 aliphatic carbocycles. The normalized spacial score (nSPS) is 15.2. The Labute approximate surface area is 152 Å². The smallest absolute Gasteiger partial charge is 0.183 e. The number of morpholine rings is 1. The van der Waals surface area contributed by atoms with Gasteiger partial charge in [-0.1, -0.05) is 23.7 Å². The topological polar surface area (TPSA) is 37.4 Å². The van der Waals surface area contributed by atoms with Gasteiger partial charge in [0.1, 0.15) is 0 Å². The number of thiazole rings is 1. The third-order valence-corrected chi connectivity index (χ3v) is 4.73. The highest BCUT2D eigenvalue weighted by Gasteiger charge is 2.09. The number of benzene rings is 1. The predicted molar refractivity (Wildman–Crippen MR) is 100 cm³/mol. The summed E-state index contributed by atoms with van der Waals surface area (Å²) in [5.41, 5.74) is 2.10. The number of ether oxygens (including phenoxy) is 1. The lowest BCUT2D eigenvalue weighted by Crippen LogP contribution is -2.37. The largest absolute Gasteiger partial charge is 0.379 e. The summed E-state index contributed by atoms with van der Waals surface area (Å²) in [4.78, 5) is 7.08. The molecular formula is C16H21Cl2N3OS.